The van der Waals surface area contributed by atoms with E-state index in [-0.39, 0.29) is 17.8 Å². The van der Waals surface area contributed by atoms with E-state index in [9.17, 15) is 9.18 Å². The first kappa shape index (κ1) is 12.6. The third-order valence-electron chi connectivity index (χ3n) is 2.55. The average Bonchev–Trinajstić information content (AvgIpc) is 2.30. The van der Waals surface area contributed by atoms with E-state index in [4.69, 9.17) is 0 Å². The van der Waals surface area contributed by atoms with Crippen molar-refractivity contribution in [2.75, 3.05) is 14.2 Å². The molecular formula is C12H16FNO2. The van der Waals surface area contributed by atoms with Gasteiger partial charge in [0.05, 0.1) is 7.11 Å². The molecule has 16 heavy (non-hydrogen) atoms. The summed E-state index contributed by atoms with van der Waals surface area (Å²) in [6, 6.07) is 5.92. The van der Waals surface area contributed by atoms with Crippen molar-refractivity contribution in [1.29, 1.82) is 0 Å². The molecule has 0 bridgehead atoms. The summed E-state index contributed by atoms with van der Waals surface area (Å²) in [5.74, 6) is -0.531. The lowest BCUT2D eigenvalue weighted by atomic mass is 10.2. The van der Waals surface area contributed by atoms with Crippen LogP contribution < -0.4 is 0 Å². The lowest BCUT2D eigenvalue weighted by Gasteiger charge is -2.22. The van der Waals surface area contributed by atoms with Gasteiger partial charge in [0, 0.05) is 6.54 Å². The van der Waals surface area contributed by atoms with Gasteiger partial charge < -0.3 is 4.74 Å². The maximum atomic E-state index is 12.7. The maximum Gasteiger partial charge on any atom is 0.322 e. The smallest absolute Gasteiger partial charge is 0.322 e. The number of nitrogens with zero attached hydrogens (tertiary/aromatic N) is 1. The molecule has 1 unspecified atom stereocenters. The first-order valence-corrected chi connectivity index (χ1v) is 5.07. The Labute approximate surface area is 94.8 Å². The minimum absolute atomic E-state index is 0.257. The predicted molar refractivity (Wildman–Crippen MR) is 59.3 cm³/mol. The summed E-state index contributed by atoms with van der Waals surface area (Å²) in [7, 11) is 3.19. The van der Waals surface area contributed by atoms with Gasteiger partial charge in [-0.25, -0.2) is 4.39 Å². The fourth-order valence-electron chi connectivity index (χ4n) is 1.37. The second-order valence-electron chi connectivity index (χ2n) is 3.74. The van der Waals surface area contributed by atoms with Crippen molar-refractivity contribution in [1.82, 2.24) is 4.90 Å². The fraction of sp³-hybridized carbons (Fsp3) is 0.417. The lowest BCUT2D eigenvalue weighted by Crippen LogP contribution is -2.36. The molecule has 0 aliphatic heterocycles. The number of rotatable bonds is 4. The second kappa shape index (κ2) is 5.61. The van der Waals surface area contributed by atoms with E-state index in [1.165, 1.54) is 19.2 Å². The topological polar surface area (TPSA) is 29.5 Å². The monoisotopic (exact) mass is 225 g/mol. The van der Waals surface area contributed by atoms with Gasteiger partial charge >= 0.3 is 5.97 Å². The van der Waals surface area contributed by atoms with Crippen molar-refractivity contribution in [3.05, 3.63) is 35.6 Å². The number of methoxy groups -OCH3 is 1. The number of esters is 1. The molecular weight excluding hydrogens is 209 g/mol. The Balaban J connectivity index is 2.60. The van der Waals surface area contributed by atoms with Crippen molar-refractivity contribution in [2.24, 2.45) is 0 Å². The predicted octanol–water partition coefficient (Wildman–Crippen LogP) is 1.82. The van der Waals surface area contributed by atoms with Crippen LogP contribution in [0.1, 0.15) is 12.5 Å². The Hall–Kier alpha value is -1.42. The van der Waals surface area contributed by atoms with Crippen LogP contribution >= 0.6 is 0 Å². The molecule has 1 aromatic carbocycles. The standard InChI is InChI=1S/C12H16FNO2/c1-9(12(15)16-3)14(2)8-10-4-6-11(13)7-5-10/h4-7,9H,8H2,1-3H3. The van der Waals surface area contributed by atoms with E-state index in [0.717, 1.165) is 5.56 Å². The minimum Gasteiger partial charge on any atom is -0.468 e. The van der Waals surface area contributed by atoms with Crippen molar-refractivity contribution in [3.8, 4) is 0 Å². The van der Waals surface area contributed by atoms with Gasteiger partial charge in [0.1, 0.15) is 11.9 Å². The van der Waals surface area contributed by atoms with Crippen LogP contribution in [-0.2, 0) is 16.1 Å². The highest BCUT2D eigenvalue weighted by molar-refractivity contribution is 5.75. The molecule has 0 heterocycles. The zero-order chi connectivity index (χ0) is 12.1. The van der Waals surface area contributed by atoms with Crippen LogP contribution in [0.2, 0.25) is 0 Å². The van der Waals surface area contributed by atoms with Gasteiger partial charge in [0.15, 0.2) is 0 Å². The number of carbonyl (C=O) groups is 1. The molecule has 1 rings (SSSR count). The van der Waals surface area contributed by atoms with Gasteiger partial charge in [0.25, 0.3) is 0 Å². The third-order valence-corrected chi connectivity index (χ3v) is 2.55. The highest BCUT2D eigenvalue weighted by Crippen LogP contribution is 2.08. The van der Waals surface area contributed by atoms with Crippen molar-refractivity contribution in [2.45, 2.75) is 19.5 Å². The van der Waals surface area contributed by atoms with Crippen LogP contribution in [0.15, 0.2) is 24.3 Å². The summed E-state index contributed by atoms with van der Waals surface area (Å²) in [6.45, 7) is 2.35. The highest BCUT2D eigenvalue weighted by Gasteiger charge is 2.18. The number of carbonyl (C=O) groups excluding carboxylic acids is 1. The summed E-state index contributed by atoms with van der Waals surface area (Å²) in [5.41, 5.74) is 0.958. The number of halogens is 1. The van der Waals surface area contributed by atoms with Crippen molar-refractivity contribution < 1.29 is 13.9 Å². The Kier molecular flexibility index (Phi) is 4.43. The number of likely N-dealkylation sites (N-methyl/N-ethyl adjacent to an activating group) is 1. The number of hydrogen-bond acceptors (Lipinski definition) is 3. The molecule has 0 aromatic heterocycles. The van der Waals surface area contributed by atoms with Crippen LogP contribution in [0, 0.1) is 5.82 Å². The van der Waals surface area contributed by atoms with Crippen LogP contribution in [0.4, 0.5) is 4.39 Å². The van der Waals surface area contributed by atoms with E-state index >= 15 is 0 Å². The number of benzene rings is 1. The Morgan fingerprint density at radius 3 is 2.50 bits per heavy atom. The SMILES string of the molecule is COC(=O)C(C)N(C)Cc1ccc(F)cc1. The molecule has 0 N–H and O–H groups in total. The molecule has 0 saturated carbocycles. The first-order valence-electron chi connectivity index (χ1n) is 5.07. The fourth-order valence-corrected chi connectivity index (χ4v) is 1.37. The van der Waals surface area contributed by atoms with Crippen LogP contribution in [0.3, 0.4) is 0 Å². The summed E-state index contributed by atoms with van der Waals surface area (Å²) in [6.07, 6.45) is 0. The molecule has 4 heteroatoms. The number of ether oxygens (including phenoxy) is 1. The van der Waals surface area contributed by atoms with Gasteiger partial charge in [0.2, 0.25) is 0 Å². The lowest BCUT2D eigenvalue weighted by molar-refractivity contribution is -0.145. The van der Waals surface area contributed by atoms with E-state index in [1.54, 1.807) is 19.1 Å². The quantitative estimate of drug-likeness (QED) is 0.732. The molecule has 0 saturated heterocycles. The van der Waals surface area contributed by atoms with Crippen molar-refractivity contribution in [3.63, 3.8) is 0 Å². The highest BCUT2D eigenvalue weighted by atomic mass is 19.1. The van der Waals surface area contributed by atoms with Gasteiger partial charge in [-0.1, -0.05) is 12.1 Å². The minimum atomic E-state index is -0.310. The number of hydrogen-bond donors (Lipinski definition) is 0. The van der Waals surface area contributed by atoms with E-state index < -0.39 is 0 Å². The Morgan fingerprint density at radius 1 is 1.44 bits per heavy atom. The molecule has 0 fully saturated rings. The molecule has 0 aliphatic rings. The maximum absolute atomic E-state index is 12.7. The summed E-state index contributed by atoms with van der Waals surface area (Å²) < 4.78 is 17.3. The van der Waals surface area contributed by atoms with Crippen molar-refractivity contribution >= 4 is 5.97 Å². The molecule has 1 aromatic rings. The summed E-state index contributed by atoms with van der Waals surface area (Å²) in [5, 5.41) is 0. The Morgan fingerprint density at radius 2 is 2.00 bits per heavy atom. The van der Waals surface area contributed by atoms with Gasteiger partial charge in [-0.05, 0) is 31.7 Å². The van der Waals surface area contributed by atoms with E-state index in [1.807, 2.05) is 11.9 Å². The summed E-state index contributed by atoms with van der Waals surface area (Å²) >= 11 is 0. The zero-order valence-electron chi connectivity index (χ0n) is 9.74. The molecule has 88 valence electrons. The van der Waals surface area contributed by atoms with Crippen LogP contribution in [-0.4, -0.2) is 31.1 Å². The normalized spacial score (nSPS) is 12.6. The second-order valence-corrected chi connectivity index (χ2v) is 3.74. The van der Waals surface area contributed by atoms with Gasteiger partial charge in [-0.2, -0.15) is 0 Å². The van der Waals surface area contributed by atoms with E-state index in [0.29, 0.717) is 6.54 Å². The molecule has 3 nitrogen and oxygen atoms in total. The Bertz CT molecular complexity index is 351. The zero-order valence-corrected chi connectivity index (χ0v) is 9.74. The molecule has 1 atom stereocenters. The van der Waals surface area contributed by atoms with E-state index in [2.05, 4.69) is 4.74 Å². The average molecular weight is 225 g/mol. The van der Waals surface area contributed by atoms with Gasteiger partial charge in [-0.15, -0.1) is 0 Å². The molecule has 0 aliphatic carbocycles. The third kappa shape index (κ3) is 3.31. The summed E-state index contributed by atoms with van der Waals surface area (Å²) in [4.78, 5) is 13.1. The largest absolute Gasteiger partial charge is 0.468 e. The van der Waals surface area contributed by atoms with Crippen LogP contribution in [0.5, 0.6) is 0 Å². The van der Waals surface area contributed by atoms with Crippen LogP contribution in [0.25, 0.3) is 0 Å². The first-order chi connectivity index (χ1) is 7.54. The molecule has 0 radical (unpaired) electrons. The molecule has 0 amide bonds. The van der Waals surface area contributed by atoms with Gasteiger partial charge in [-0.3, -0.25) is 9.69 Å². The molecule has 0 spiro atoms.